The predicted octanol–water partition coefficient (Wildman–Crippen LogP) is 0.660. The second kappa shape index (κ2) is 4.89. The molecule has 0 aliphatic rings. The highest BCUT2D eigenvalue weighted by molar-refractivity contribution is 5.35. The molecule has 0 bridgehead atoms. The summed E-state index contributed by atoms with van der Waals surface area (Å²) >= 11 is 0. The van der Waals surface area contributed by atoms with E-state index in [1.165, 1.54) is 16.8 Å². The summed E-state index contributed by atoms with van der Waals surface area (Å²) in [6, 6.07) is 1.28. The van der Waals surface area contributed by atoms with Gasteiger partial charge in [0.25, 0.3) is 11.2 Å². The molecule has 0 fully saturated rings. The molecule has 0 aliphatic carbocycles. The first-order valence-electron chi connectivity index (χ1n) is 5.01. The van der Waals surface area contributed by atoms with E-state index >= 15 is 0 Å². The van der Waals surface area contributed by atoms with Gasteiger partial charge < -0.3 is 10.3 Å². The molecule has 1 aromatic rings. The van der Waals surface area contributed by atoms with Crippen molar-refractivity contribution in [3.63, 3.8) is 0 Å². The highest BCUT2D eigenvalue weighted by atomic mass is 16.6. The molecule has 6 heteroatoms. The molecule has 1 heterocycles. The summed E-state index contributed by atoms with van der Waals surface area (Å²) in [6.07, 6.45) is 1.28. The highest BCUT2D eigenvalue weighted by Gasteiger charge is 2.14. The van der Waals surface area contributed by atoms with E-state index in [1.54, 1.807) is 6.92 Å². The number of hydrogen-bond donors (Lipinski definition) is 1. The van der Waals surface area contributed by atoms with Gasteiger partial charge in [-0.2, -0.15) is 0 Å². The fourth-order valence-corrected chi connectivity index (χ4v) is 1.40. The standard InChI is InChI=1S/C10H15N3O3/c1-7(4-11)5-12-6-9(13(15)16)8(2)3-10(12)14/h3,6-7H,4-5,11H2,1-2H3. The van der Waals surface area contributed by atoms with Gasteiger partial charge in [-0.05, 0) is 19.4 Å². The summed E-state index contributed by atoms with van der Waals surface area (Å²) < 4.78 is 1.34. The number of aromatic nitrogens is 1. The van der Waals surface area contributed by atoms with Gasteiger partial charge in [0.15, 0.2) is 0 Å². The summed E-state index contributed by atoms with van der Waals surface area (Å²) in [5.41, 5.74) is 5.56. The SMILES string of the molecule is Cc1cc(=O)n(CC(C)CN)cc1[N+](=O)[O-]. The molecule has 0 aromatic carbocycles. The van der Waals surface area contributed by atoms with Gasteiger partial charge in [-0.25, -0.2) is 0 Å². The molecule has 0 radical (unpaired) electrons. The lowest BCUT2D eigenvalue weighted by atomic mass is 10.2. The molecule has 0 saturated heterocycles. The Balaban J connectivity index is 3.15. The fraction of sp³-hybridized carbons (Fsp3) is 0.500. The van der Waals surface area contributed by atoms with E-state index < -0.39 is 4.92 Å². The molecule has 1 aromatic heterocycles. The van der Waals surface area contributed by atoms with E-state index in [4.69, 9.17) is 5.73 Å². The van der Waals surface area contributed by atoms with E-state index in [0.717, 1.165) is 0 Å². The zero-order valence-electron chi connectivity index (χ0n) is 9.34. The first kappa shape index (κ1) is 12.4. The minimum absolute atomic E-state index is 0.0381. The zero-order valence-corrected chi connectivity index (χ0v) is 9.34. The lowest BCUT2D eigenvalue weighted by molar-refractivity contribution is -0.385. The van der Waals surface area contributed by atoms with Gasteiger partial charge in [-0.15, -0.1) is 0 Å². The predicted molar refractivity (Wildman–Crippen MR) is 60.3 cm³/mol. The lowest BCUT2D eigenvalue weighted by Gasteiger charge is -2.11. The van der Waals surface area contributed by atoms with Crippen molar-refractivity contribution in [1.82, 2.24) is 4.57 Å². The van der Waals surface area contributed by atoms with Crippen LogP contribution in [0.4, 0.5) is 5.69 Å². The van der Waals surface area contributed by atoms with Crippen LogP contribution in [0.5, 0.6) is 0 Å². The largest absolute Gasteiger partial charge is 0.330 e. The van der Waals surface area contributed by atoms with Gasteiger partial charge in [0.05, 0.1) is 11.1 Å². The normalized spacial score (nSPS) is 12.4. The Morgan fingerprint density at radius 1 is 1.62 bits per heavy atom. The second-order valence-corrected chi connectivity index (χ2v) is 3.93. The fourth-order valence-electron chi connectivity index (χ4n) is 1.40. The summed E-state index contributed by atoms with van der Waals surface area (Å²) in [5, 5.41) is 10.7. The molecule has 2 N–H and O–H groups in total. The minimum Gasteiger partial charge on any atom is -0.330 e. The summed E-state index contributed by atoms with van der Waals surface area (Å²) in [6.45, 7) is 4.28. The van der Waals surface area contributed by atoms with Crippen LogP contribution in [0.3, 0.4) is 0 Å². The molecular formula is C10H15N3O3. The molecule has 0 spiro atoms. The summed E-state index contributed by atoms with van der Waals surface area (Å²) in [7, 11) is 0. The highest BCUT2D eigenvalue weighted by Crippen LogP contribution is 2.14. The number of nitrogens with zero attached hydrogens (tertiary/aromatic N) is 2. The van der Waals surface area contributed by atoms with Crippen molar-refractivity contribution in [3.05, 3.63) is 38.3 Å². The van der Waals surface area contributed by atoms with Crippen molar-refractivity contribution in [2.75, 3.05) is 6.54 Å². The third-order valence-corrected chi connectivity index (χ3v) is 2.41. The maximum absolute atomic E-state index is 11.6. The third-order valence-electron chi connectivity index (χ3n) is 2.41. The van der Waals surface area contributed by atoms with Crippen LogP contribution >= 0.6 is 0 Å². The minimum atomic E-state index is -0.488. The number of nitro groups is 1. The Morgan fingerprint density at radius 2 is 2.25 bits per heavy atom. The van der Waals surface area contributed by atoms with Gasteiger partial charge in [-0.3, -0.25) is 14.9 Å². The van der Waals surface area contributed by atoms with E-state index in [2.05, 4.69) is 0 Å². The van der Waals surface area contributed by atoms with Gasteiger partial charge in [-0.1, -0.05) is 6.92 Å². The number of aryl methyl sites for hydroxylation is 1. The lowest BCUT2D eigenvalue weighted by Crippen LogP contribution is -2.26. The number of hydrogen-bond acceptors (Lipinski definition) is 4. The van der Waals surface area contributed by atoms with E-state index in [1.807, 2.05) is 6.92 Å². The van der Waals surface area contributed by atoms with Crippen molar-refractivity contribution in [3.8, 4) is 0 Å². The molecule has 0 saturated carbocycles. The van der Waals surface area contributed by atoms with Crippen molar-refractivity contribution in [2.24, 2.45) is 11.7 Å². The summed E-state index contributed by atoms with van der Waals surface area (Å²) in [4.78, 5) is 21.8. The molecule has 88 valence electrons. The average molecular weight is 225 g/mol. The Morgan fingerprint density at radius 3 is 2.75 bits per heavy atom. The summed E-state index contributed by atoms with van der Waals surface area (Å²) in [5.74, 6) is 0.111. The Kier molecular flexibility index (Phi) is 3.78. The molecule has 6 nitrogen and oxygen atoms in total. The van der Waals surface area contributed by atoms with Crippen LogP contribution in [0.1, 0.15) is 12.5 Å². The van der Waals surface area contributed by atoms with Gasteiger partial charge >= 0.3 is 0 Å². The monoisotopic (exact) mass is 225 g/mol. The molecular weight excluding hydrogens is 210 g/mol. The Hall–Kier alpha value is -1.69. The molecule has 1 unspecified atom stereocenters. The quantitative estimate of drug-likeness (QED) is 0.602. The molecule has 0 aliphatic heterocycles. The number of nitrogens with two attached hydrogens (primary N) is 1. The Labute approximate surface area is 92.8 Å². The van der Waals surface area contributed by atoms with Crippen molar-refractivity contribution in [2.45, 2.75) is 20.4 Å². The van der Waals surface area contributed by atoms with Gasteiger partial charge in [0.2, 0.25) is 0 Å². The van der Waals surface area contributed by atoms with E-state index in [9.17, 15) is 14.9 Å². The van der Waals surface area contributed by atoms with Crippen LogP contribution in [0, 0.1) is 23.0 Å². The van der Waals surface area contributed by atoms with Crippen LogP contribution in [0.25, 0.3) is 0 Å². The maximum atomic E-state index is 11.6. The first-order chi connectivity index (χ1) is 7.45. The molecule has 16 heavy (non-hydrogen) atoms. The number of pyridine rings is 1. The maximum Gasteiger partial charge on any atom is 0.288 e. The van der Waals surface area contributed by atoms with Crippen LogP contribution in [-0.4, -0.2) is 16.0 Å². The second-order valence-electron chi connectivity index (χ2n) is 3.93. The number of rotatable bonds is 4. The Bertz CT molecular complexity index is 453. The molecule has 1 rings (SSSR count). The van der Waals surface area contributed by atoms with Crippen LogP contribution < -0.4 is 11.3 Å². The van der Waals surface area contributed by atoms with Crippen molar-refractivity contribution < 1.29 is 4.92 Å². The van der Waals surface area contributed by atoms with Crippen LogP contribution in [0.2, 0.25) is 0 Å². The van der Waals surface area contributed by atoms with Crippen LogP contribution in [0.15, 0.2) is 17.1 Å². The van der Waals surface area contributed by atoms with E-state index in [0.29, 0.717) is 18.7 Å². The topological polar surface area (TPSA) is 91.2 Å². The van der Waals surface area contributed by atoms with Crippen molar-refractivity contribution >= 4 is 5.69 Å². The van der Waals surface area contributed by atoms with Crippen LogP contribution in [-0.2, 0) is 6.54 Å². The van der Waals surface area contributed by atoms with Gasteiger partial charge in [0.1, 0.15) is 0 Å². The van der Waals surface area contributed by atoms with Gasteiger partial charge in [0, 0.05) is 18.2 Å². The average Bonchev–Trinajstić information content (AvgIpc) is 2.21. The third kappa shape index (κ3) is 2.66. The molecule has 1 atom stereocenters. The van der Waals surface area contributed by atoms with Crippen molar-refractivity contribution in [1.29, 1.82) is 0 Å². The zero-order chi connectivity index (χ0) is 12.3. The molecule has 0 amide bonds. The first-order valence-corrected chi connectivity index (χ1v) is 5.01. The van der Waals surface area contributed by atoms with E-state index in [-0.39, 0.29) is 17.2 Å². The smallest absolute Gasteiger partial charge is 0.288 e.